The number of hydrogen-bond acceptors (Lipinski definition) is 4. The van der Waals surface area contributed by atoms with Gasteiger partial charge in [0.15, 0.2) is 0 Å². The highest BCUT2D eigenvalue weighted by atomic mass is 32.2. The molecule has 1 aliphatic rings. The minimum Gasteiger partial charge on any atom is -0.309 e. The van der Waals surface area contributed by atoms with Gasteiger partial charge in [-0.3, -0.25) is 0 Å². The minimum absolute atomic E-state index is 0.0600. The van der Waals surface area contributed by atoms with E-state index in [1.54, 1.807) is 6.07 Å². The fourth-order valence-corrected chi connectivity index (χ4v) is 4.29. The van der Waals surface area contributed by atoms with Gasteiger partial charge in [-0.25, -0.2) is 13.1 Å². The molecule has 6 heteroatoms. The second-order valence-corrected chi connectivity index (χ2v) is 8.98. The van der Waals surface area contributed by atoms with Gasteiger partial charge in [-0.1, -0.05) is 20.8 Å². The molecule has 1 aromatic rings. The second kappa shape index (κ2) is 5.52. The van der Waals surface area contributed by atoms with Crippen molar-refractivity contribution in [3.8, 4) is 0 Å². The van der Waals surface area contributed by atoms with E-state index in [9.17, 15) is 8.42 Å². The molecule has 2 N–H and O–H groups in total. The molecule has 0 aromatic carbocycles. The average Bonchev–Trinajstić information content (AvgIpc) is 3.00. The number of sulfonamides is 1. The van der Waals surface area contributed by atoms with Crippen LogP contribution in [0.25, 0.3) is 0 Å². The van der Waals surface area contributed by atoms with Crippen LogP contribution >= 0.6 is 11.3 Å². The Kier molecular flexibility index (Phi) is 4.35. The molecule has 4 nitrogen and oxygen atoms in total. The lowest BCUT2D eigenvalue weighted by molar-refractivity contribution is 0.407. The lowest BCUT2D eigenvalue weighted by Crippen LogP contribution is -2.32. The molecular formula is C13H22N2O2S2. The van der Waals surface area contributed by atoms with Gasteiger partial charge in [0.25, 0.3) is 0 Å². The Balaban J connectivity index is 2.04. The molecule has 0 aliphatic heterocycles. The Morgan fingerprint density at radius 2 is 2.05 bits per heavy atom. The third-order valence-corrected chi connectivity index (χ3v) is 5.45. The molecule has 0 radical (unpaired) electrons. The fraction of sp³-hybridized carbons (Fsp3) is 0.692. The van der Waals surface area contributed by atoms with Gasteiger partial charge in [0.2, 0.25) is 10.0 Å². The Morgan fingerprint density at radius 3 is 2.63 bits per heavy atom. The fourth-order valence-electron chi connectivity index (χ4n) is 1.61. The van der Waals surface area contributed by atoms with Crippen LogP contribution in [-0.4, -0.2) is 21.0 Å². The van der Waals surface area contributed by atoms with Crippen LogP contribution in [-0.2, 0) is 16.6 Å². The van der Waals surface area contributed by atoms with Crippen LogP contribution in [0.2, 0.25) is 0 Å². The molecule has 108 valence electrons. The third-order valence-electron chi connectivity index (χ3n) is 2.92. The normalized spacial score (nSPS) is 16.8. The highest BCUT2D eigenvalue weighted by Crippen LogP contribution is 2.25. The summed E-state index contributed by atoms with van der Waals surface area (Å²) in [4.78, 5) is 1.32. The van der Waals surface area contributed by atoms with E-state index in [2.05, 4.69) is 10.0 Å². The summed E-state index contributed by atoms with van der Waals surface area (Å²) >= 11 is 1.50. The maximum Gasteiger partial charge on any atom is 0.241 e. The van der Waals surface area contributed by atoms with E-state index in [0.29, 0.717) is 24.0 Å². The lowest BCUT2D eigenvalue weighted by Gasteiger charge is -2.18. The summed E-state index contributed by atoms with van der Waals surface area (Å²) < 4.78 is 27.3. The first-order chi connectivity index (χ1) is 8.78. The summed E-state index contributed by atoms with van der Waals surface area (Å²) in [6.45, 7) is 7.13. The second-order valence-electron chi connectivity index (χ2n) is 6.25. The van der Waals surface area contributed by atoms with E-state index in [1.165, 1.54) is 24.2 Å². The van der Waals surface area contributed by atoms with Crippen molar-refractivity contribution in [1.29, 1.82) is 0 Å². The van der Waals surface area contributed by atoms with E-state index in [-0.39, 0.29) is 5.41 Å². The van der Waals surface area contributed by atoms with Crippen molar-refractivity contribution in [2.45, 2.75) is 51.1 Å². The number of hydrogen-bond donors (Lipinski definition) is 2. The van der Waals surface area contributed by atoms with Crippen molar-refractivity contribution in [2.75, 3.05) is 6.54 Å². The quantitative estimate of drug-likeness (QED) is 0.848. The minimum atomic E-state index is -3.39. The highest BCUT2D eigenvalue weighted by Gasteiger charge is 2.24. The number of nitrogens with one attached hydrogen (secondary N) is 2. The van der Waals surface area contributed by atoms with Crippen LogP contribution in [0.3, 0.4) is 0 Å². The first-order valence-electron chi connectivity index (χ1n) is 6.57. The lowest BCUT2D eigenvalue weighted by atomic mass is 9.98. The molecule has 1 heterocycles. The van der Waals surface area contributed by atoms with Crippen molar-refractivity contribution in [3.05, 3.63) is 16.3 Å². The van der Waals surface area contributed by atoms with Crippen LogP contribution in [0.1, 0.15) is 38.5 Å². The van der Waals surface area contributed by atoms with Crippen molar-refractivity contribution in [2.24, 2.45) is 5.41 Å². The zero-order chi connectivity index (χ0) is 14.1. The number of thiophene rings is 1. The Morgan fingerprint density at radius 1 is 1.37 bits per heavy atom. The Hall–Kier alpha value is -0.430. The van der Waals surface area contributed by atoms with Gasteiger partial charge in [-0.05, 0) is 29.7 Å². The van der Waals surface area contributed by atoms with Gasteiger partial charge in [-0.2, -0.15) is 0 Å². The van der Waals surface area contributed by atoms with Crippen LogP contribution < -0.4 is 10.0 Å². The molecule has 0 unspecified atom stereocenters. The molecule has 1 aromatic heterocycles. The molecule has 0 atom stereocenters. The monoisotopic (exact) mass is 302 g/mol. The van der Waals surface area contributed by atoms with E-state index >= 15 is 0 Å². The molecule has 1 aliphatic carbocycles. The molecule has 1 saturated carbocycles. The SMILES string of the molecule is CC(C)(C)CNS(=O)(=O)c1ccsc1CNC1CC1. The summed E-state index contributed by atoms with van der Waals surface area (Å²) in [6, 6.07) is 2.28. The standard InChI is InChI=1S/C13H22N2O2S2/c1-13(2,3)9-15-19(16,17)12-6-7-18-11(12)8-14-10-4-5-10/h6-7,10,14-15H,4-5,8-9H2,1-3H3. The van der Waals surface area contributed by atoms with Crippen molar-refractivity contribution in [3.63, 3.8) is 0 Å². The highest BCUT2D eigenvalue weighted by molar-refractivity contribution is 7.89. The van der Waals surface area contributed by atoms with E-state index < -0.39 is 10.0 Å². The van der Waals surface area contributed by atoms with Gasteiger partial charge >= 0.3 is 0 Å². The van der Waals surface area contributed by atoms with Gasteiger partial charge in [-0.15, -0.1) is 11.3 Å². The van der Waals surface area contributed by atoms with Crippen LogP contribution in [0.5, 0.6) is 0 Å². The summed E-state index contributed by atoms with van der Waals surface area (Å²) in [6.07, 6.45) is 2.41. The molecule has 0 bridgehead atoms. The topological polar surface area (TPSA) is 58.2 Å². The molecule has 2 rings (SSSR count). The Bertz CT molecular complexity index is 525. The maximum absolute atomic E-state index is 12.3. The number of rotatable bonds is 6. The summed E-state index contributed by atoms with van der Waals surface area (Å²) in [5.41, 5.74) is -0.0600. The average molecular weight is 302 g/mol. The summed E-state index contributed by atoms with van der Waals surface area (Å²) in [7, 11) is -3.39. The molecule has 0 amide bonds. The van der Waals surface area contributed by atoms with Gasteiger partial charge in [0, 0.05) is 24.0 Å². The predicted molar refractivity (Wildman–Crippen MR) is 78.8 cm³/mol. The molecule has 0 saturated heterocycles. The van der Waals surface area contributed by atoms with Gasteiger partial charge in [0.1, 0.15) is 0 Å². The zero-order valence-corrected chi connectivity index (χ0v) is 13.3. The van der Waals surface area contributed by atoms with Gasteiger partial charge in [0.05, 0.1) is 4.90 Å². The smallest absolute Gasteiger partial charge is 0.241 e. The van der Waals surface area contributed by atoms with E-state index in [4.69, 9.17) is 0 Å². The summed E-state index contributed by atoms with van der Waals surface area (Å²) in [5.74, 6) is 0. The largest absolute Gasteiger partial charge is 0.309 e. The Labute approximate surface area is 119 Å². The van der Waals surface area contributed by atoms with Crippen LogP contribution in [0.4, 0.5) is 0 Å². The van der Waals surface area contributed by atoms with E-state index in [0.717, 1.165) is 4.88 Å². The summed E-state index contributed by atoms with van der Waals surface area (Å²) in [5, 5.41) is 5.20. The first kappa shape index (κ1) is 15.0. The third kappa shape index (κ3) is 4.56. The van der Waals surface area contributed by atoms with Crippen LogP contribution in [0, 0.1) is 5.41 Å². The van der Waals surface area contributed by atoms with Gasteiger partial charge < -0.3 is 5.32 Å². The predicted octanol–water partition coefficient (Wildman–Crippen LogP) is 2.32. The molecule has 1 fully saturated rings. The van der Waals surface area contributed by atoms with Crippen molar-refractivity contribution < 1.29 is 8.42 Å². The van der Waals surface area contributed by atoms with Crippen LogP contribution in [0.15, 0.2) is 16.3 Å². The van der Waals surface area contributed by atoms with Crippen molar-refractivity contribution >= 4 is 21.4 Å². The molecule has 0 spiro atoms. The maximum atomic E-state index is 12.3. The first-order valence-corrected chi connectivity index (χ1v) is 8.94. The molecular weight excluding hydrogens is 280 g/mol. The molecule has 19 heavy (non-hydrogen) atoms. The van der Waals surface area contributed by atoms with E-state index in [1.807, 2.05) is 26.2 Å². The zero-order valence-electron chi connectivity index (χ0n) is 11.7. The van der Waals surface area contributed by atoms with Crippen molar-refractivity contribution in [1.82, 2.24) is 10.0 Å².